The van der Waals surface area contributed by atoms with Crippen molar-refractivity contribution in [3.63, 3.8) is 0 Å². The highest BCUT2D eigenvalue weighted by Crippen LogP contribution is 2.36. The Morgan fingerprint density at radius 3 is 2.71 bits per heavy atom. The van der Waals surface area contributed by atoms with Crippen molar-refractivity contribution in [3.8, 4) is 0 Å². The molecular weight excluding hydrogens is 432 g/mol. The minimum atomic E-state index is -0.682. The number of nitrogens with zero attached hydrogens (tertiary/aromatic N) is 2. The third-order valence-corrected chi connectivity index (χ3v) is 7.26. The molecule has 3 heterocycles. The highest BCUT2D eigenvalue weighted by Gasteiger charge is 2.33. The number of hydrogen-bond acceptors (Lipinski definition) is 6. The van der Waals surface area contributed by atoms with Crippen LogP contribution in [-0.4, -0.2) is 53.7 Å². The van der Waals surface area contributed by atoms with Gasteiger partial charge >= 0.3 is 0 Å². The number of carbonyl (C=O) groups excluding carboxylic acids is 2. The summed E-state index contributed by atoms with van der Waals surface area (Å²) in [7, 11) is 4.14. The van der Waals surface area contributed by atoms with Crippen molar-refractivity contribution in [3.05, 3.63) is 41.2 Å². The molecule has 2 aliphatic rings. The quantitative estimate of drug-likeness (QED) is 0.222. The highest BCUT2D eigenvalue weighted by atomic mass is 16.6. The third-order valence-electron chi connectivity index (χ3n) is 7.26. The van der Waals surface area contributed by atoms with Crippen LogP contribution in [0.4, 0.5) is 0 Å². The molecule has 3 rings (SSSR count). The summed E-state index contributed by atoms with van der Waals surface area (Å²) >= 11 is 0. The lowest BCUT2D eigenvalue weighted by atomic mass is 9.84. The Bertz CT molecular complexity index is 842. The minimum Gasteiger partial charge on any atom is -0.393 e. The number of pyridine rings is 1. The van der Waals surface area contributed by atoms with Crippen molar-refractivity contribution in [2.75, 3.05) is 13.6 Å². The van der Waals surface area contributed by atoms with Crippen molar-refractivity contribution in [2.24, 2.45) is 13.0 Å². The van der Waals surface area contributed by atoms with Crippen molar-refractivity contribution >= 4 is 12.6 Å². The molecule has 0 bridgehead atoms. The van der Waals surface area contributed by atoms with Crippen LogP contribution in [0.1, 0.15) is 87.5 Å². The van der Waals surface area contributed by atoms with E-state index in [1.165, 1.54) is 5.56 Å². The zero-order chi connectivity index (χ0) is 24.5. The van der Waals surface area contributed by atoms with Crippen molar-refractivity contribution in [1.29, 1.82) is 0 Å². The van der Waals surface area contributed by atoms with Gasteiger partial charge in [0.25, 0.3) is 0 Å². The molecule has 2 fully saturated rings. The largest absolute Gasteiger partial charge is 0.393 e. The van der Waals surface area contributed by atoms with Crippen LogP contribution in [0.25, 0.3) is 0 Å². The Hall–Kier alpha value is -1.93. The zero-order valence-corrected chi connectivity index (χ0v) is 20.6. The van der Waals surface area contributed by atoms with E-state index in [1.54, 1.807) is 0 Å². The molecule has 1 aromatic rings. The van der Waals surface area contributed by atoms with Gasteiger partial charge in [-0.25, -0.2) is 4.57 Å². The van der Waals surface area contributed by atoms with E-state index in [1.807, 2.05) is 13.1 Å². The standard InChI is InChI=1S/C27H41N2O5/c1-28-16-22(15-23(17-28)26-8-6-9-27(33)34-26)24-12-11-21(18-29(24)2)25(32)13-10-20(19-31)7-4-3-5-14-30/h7,14-17,19,21,24-27,32-33H,3-6,8-13,18H2,1-2H3/q+1/b20-7+. The molecule has 1 aromatic heterocycles. The first-order valence-corrected chi connectivity index (χ1v) is 12.7. The van der Waals surface area contributed by atoms with Gasteiger partial charge in [-0.1, -0.05) is 6.08 Å². The second kappa shape index (κ2) is 13.2. The van der Waals surface area contributed by atoms with Gasteiger partial charge in [0.1, 0.15) is 19.6 Å². The SMILES string of the molecule is CN1CC(C(O)CC/C(C=O)=C\CCCC=O)CCC1c1cc(C2CCCC(O)O2)c[n+](C)c1. The molecule has 2 N–H and O–H groups in total. The van der Waals surface area contributed by atoms with Crippen molar-refractivity contribution < 1.29 is 29.1 Å². The molecule has 7 nitrogen and oxygen atoms in total. The van der Waals surface area contributed by atoms with E-state index in [-0.39, 0.29) is 18.1 Å². The normalized spacial score (nSPS) is 27.4. The molecule has 2 aliphatic heterocycles. The number of aryl methyl sites for hydroxylation is 1. The smallest absolute Gasteiger partial charge is 0.174 e. The van der Waals surface area contributed by atoms with Crippen LogP contribution in [0.2, 0.25) is 0 Å². The van der Waals surface area contributed by atoms with E-state index in [0.29, 0.717) is 31.3 Å². The van der Waals surface area contributed by atoms with Crippen LogP contribution in [-0.2, 0) is 21.4 Å². The number of ether oxygens (including phenoxy) is 1. The van der Waals surface area contributed by atoms with Crippen LogP contribution >= 0.6 is 0 Å². The average Bonchev–Trinajstić information content (AvgIpc) is 2.83. The first-order valence-electron chi connectivity index (χ1n) is 12.7. The molecule has 188 valence electrons. The van der Waals surface area contributed by atoms with Crippen LogP contribution in [0.5, 0.6) is 0 Å². The fourth-order valence-corrected chi connectivity index (χ4v) is 5.35. The number of aldehydes is 2. The molecule has 0 radical (unpaired) electrons. The van der Waals surface area contributed by atoms with Crippen LogP contribution in [0.3, 0.4) is 0 Å². The summed E-state index contributed by atoms with van der Waals surface area (Å²) < 4.78 is 7.86. The number of carbonyl (C=O) groups is 2. The summed E-state index contributed by atoms with van der Waals surface area (Å²) in [6, 6.07) is 2.48. The first kappa shape index (κ1) is 26.7. The van der Waals surface area contributed by atoms with Crippen molar-refractivity contribution in [2.45, 2.75) is 88.7 Å². The topological polar surface area (TPSA) is 91.0 Å². The molecule has 5 unspecified atom stereocenters. The second-order valence-electron chi connectivity index (χ2n) is 9.97. The summed E-state index contributed by atoms with van der Waals surface area (Å²) in [5.74, 6) is 0.179. The predicted octanol–water partition coefficient (Wildman–Crippen LogP) is 3.09. The maximum absolute atomic E-state index is 11.3. The van der Waals surface area contributed by atoms with Gasteiger partial charge < -0.3 is 19.7 Å². The van der Waals surface area contributed by atoms with E-state index in [0.717, 1.165) is 63.2 Å². The molecule has 0 amide bonds. The molecule has 7 heteroatoms. The molecule has 2 saturated heterocycles. The van der Waals surface area contributed by atoms with Crippen LogP contribution in [0, 0.1) is 5.92 Å². The highest BCUT2D eigenvalue weighted by molar-refractivity contribution is 5.72. The van der Waals surface area contributed by atoms with Gasteiger partial charge in [-0.15, -0.1) is 0 Å². The number of hydrogen-bond donors (Lipinski definition) is 2. The van der Waals surface area contributed by atoms with Gasteiger partial charge in [-0.3, -0.25) is 9.69 Å². The lowest BCUT2D eigenvalue weighted by Gasteiger charge is -2.39. The Balaban J connectivity index is 1.56. The van der Waals surface area contributed by atoms with Gasteiger partial charge in [0.2, 0.25) is 0 Å². The number of aliphatic hydroxyl groups is 2. The molecular formula is C27H41N2O5+. The van der Waals surface area contributed by atoms with E-state index in [2.05, 4.69) is 35.0 Å². The monoisotopic (exact) mass is 473 g/mol. The maximum atomic E-state index is 11.3. The molecule has 0 spiro atoms. The van der Waals surface area contributed by atoms with Gasteiger partial charge in [0.15, 0.2) is 18.7 Å². The van der Waals surface area contributed by atoms with Crippen LogP contribution < -0.4 is 4.57 Å². The number of unbranched alkanes of at least 4 members (excludes halogenated alkanes) is 2. The third kappa shape index (κ3) is 7.54. The van der Waals surface area contributed by atoms with E-state index >= 15 is 0 Å². The summed E-state index contributed by atoms with van der Waals surface area (Å²) in [6.45, 7) is 0.803. The number of likely N-dealkylation sites (tertiary alicyclic amines) is 1. The van der Waals surface area contributed by atoms with Gasteiger partial charge in [0, 0.05) is 30.1 Å². The van der Waals surface area contributed by atoms with Gasteiger partial charge in [-0.2, -0.15) is 0 Å². The lowest BCUT2D eigenvalue weighted by molar-refractivity contribution is -0.672. The molecule has 34 heavy (non-hydrogen) atoms. The average molecular weight is 474 g/mol. The van der Waals surface area contributed by atoms with E-state index in [4.69, 9.17) is 4.74 Å². The maximum Gasteiger partial charge on any atom is 0.174 e. The Morgan fingerprint density at radius 1 is 1.21 bits per heavy atom. The van der Waals surface area contributed by atoms with E-state index in [9.17, 15) is 19.8 Å². The summed E-state index contributed by atoms with van der Waals surface area (Å²) in [5, 5.41) is 20.7. The van der Waals surface area contributed by atoms with Crippen molar-refractivity contribution in [1.82, 2.24) is 4.90 Å². The fourth-order valence-electron chi connectivity index (χ4n) is 5.35. The minimum absolute atomic E-state index is 0.0723. The summed E-state index contributed by atoms with van der Waals surface area (Å²) in [5.41, 5.74) is 3.06. The number of rotatable bonds is 11. The van der Waals surface area contributed by atoms with Crippen LogP contribution in [0.15, 0.2) is 30.1 Å². The number of piperidine rings is 1. The zero-order valence-electron chi connectivity index (χ0n) is 20.6. The lowest BCUT2D eigenvalue weighted by Crippen LogP contribution is -2.41. The molecule has 0 aliphatic carbocycles. The van der Waals surface area contributed by atoms with Gasteiger partial charge in [-0.05, 0) is 82.4 Å². The number of allylic oxidation sites excluding steroid dienone is 2. The molecule has 0 aromatic carbocycles. The molecule has 5 atom stereocenters. The molecule has 0 saturated carbocycles. The van der Waals surface area contributed by atoms with E-state index < -0.39 is 12.4 Å². The fraction of sp³-hybridized carbons (Fsp3) is 0.667. The Labute approximate surface area is 203 Å². The number of aromatic nitrogens is 1. The Morgan fingerprint density at radius 2 is 2.00 bits per heavy atom. The number of aliphatic hydroxyl groups excluding tert-OH is 2. The van der Waals surface area contributed by atoms with Gasteiger partial charge in [0.05, 0.1) is 12.2 Å². The first-order chi connectivity index (χ1) is 16.4. The summed E-state index contributed by atoms with van der Waals surface area (Å²) in [4.78, 5) is 24.1. The summed E-state index contributed by atoms with van der Waals surface area (Å²) in [6.07, 6.45) is 14.3. The Kier molecular flexibility index (Phi) is 10.4. The second-order valence-corrected chi connectivity index (χ2v) is 9.97. The predicted molar refractivity (Wildman–Crippen MR) is 129 cm³/mol.